The molecule has 0 bridgehead atoms. The monoisotopic (exact) mass is 329 g/mol. The summed E-state index contributed by atoms with van der Waals surface area (Å²) in [5.74, 6) is 0.0813. The highest BCUT2D eigenvalue weighted by Gasteiger charge is 2.25. The lowest BCUT2D eigenvalue weighted by atomic mass is 10.0. The molecule has 1 saturated heterocycles. The largest absolute Gasteiger partial charge is 0.337 e. The fraction of sp³-hybridized carbons (Fsp3) is 0.444. The minimum Gasteiger partial charge on any atom is -0.337 e. The van der Waals surface area contributed by atoms with Crippen molar-refractivity contribution in [2.75, 3.05) is 27.2 Å². The SMILES string of the molecule is CN(C)C1CCN(C(=O)c2csc(Cc3ccccc3)n2)CC1. The van der Waals surface area contributed by atoms with Crippen LogP contribution in [0.4, 0.5) is 0 Å². The van der Waals surface area contributed by atoms with Crippen molar-refractivity contribution in [1.82, 2.24) is 14.8 Å². The van der Waals surface area contributed by atoms with E-state index in [0.29, 0.717) is 11.7 Å². The average Bonchev–Trinajstić information content (AvgIpc) is 3.03. The number of hydrogen-bond donors (Lipinski definition) is 0. The number of nitrogens with zero attached hydrogens (tertiary/aromatic N) is 3. The van der Waals surface area contributed by atoms with Crippen LogP contribution >= 0.6 is 11.3 Å². The summed E-state index contributed by atoms with van der Waals surface area (Å²) in [6.07, 6.45) is 2.88. The van der Waals surface area contributed by atoms with Gasteiger partial charge in [-0.1, -0.05) is 30.3 Å². The van der Waals surface area contributed by atoms with E-state index in [2.05, 4.69) is 36.1 Å². The third-order valence-electron chi connectivity index (χ3n) is 4.45. The van der Waals surface area contributed by atoms with Crippen LogP contribution in [0.1, 0.15) is 33.9 Å². The molecular weight excluding hydrogens is 306 g/mol. The molecular formula is C18H23N3OS. The van der Waals surface area contributed by atoms with E-state index in [-0.39, 0.29) is 5.91 Å². The van der Waals surface area contributed by atoms with Gasteiger partial charge in [-0.05, 0) is 32.5 Å². The Balaban J connectivity index is 1.61. The van der Waals surface area contributed by atoms with Gasteiger partial charge in [0.15, 0.2) is 0 Å². The van der Waals surface area contributed by atoms with Gasteiger partial charge in [-0.2, -0.15) is 0 Å². The third-order valence-corrected chi connectivity index (χ3v) is 5.30. The van der Waals surface area contributed by atoms with E-state index in [9.17, 15) is 4.79 Å². The molecule has 1 aliphatic heterocycles. The number of thiazole rings is 1. The van der Waals surface area contributed by atoms with Gasteiger partial charge in [0.25, 0.3) is 5.91 Å². The molecule has 122 valence electrons. The predicted molar refractivity (Wildman–Crippen MR) is 94.0 cm³/mol. The molecule has 0 aliphatic carbocycles. The van der Waals surface area contributed by atoms with E-state index in [1.165, 1.54) is 5.56 Å². The van der Waals surface area contributed by atoms with Crippen molar-refractivity contribution in [1.29, 1.82) is 0 Å². The standard InChI is InChI=1S/C18H23N3OS/c1-20(2)15-8-10-21(11-9-15)18(22)16-13-23-17(19-16)12-14-6-4-3-5-7-14/h3-7,13,15H,8-12H2,1-2H3. The maximum absolute atomic E-state index is 12.6. The minimum absolute atomic E-state index is 0.0813. The molecule has 1 aromatic carbocycles. The molecule has 0 saturated carbocycles. The van der Waals surface area contributed by atoms with Crippen molar-refractivity contribution in [3.8, 4) is 0 Å². The molecule has 4 nitrogen and oxygen atoms in total. The zero-order valence-electron chi connectivity index (χ0n) is 13.7. The fourth-order valence-electron chi connectivity index (χ4n) is 3.01. The van der Waals surface area contributed by atoms with Crippen molar-refractivity contribution in [3.05, 3.63) is 52.0 Å². The lowest BCUT2D eigenvalue weighted by molar-refractivity contribution is 0.0658. The van der Waals surface area contributed by atoms with Crippen molar-refractivity contribution < 1.29 is 4.79 Å². The Kier molecular flexibility index (Phi) is 5.08. The second-order valence-corrected chi connectivity index (χ2v) is 7.22. The highest BCUT2D eigenvalue weighted by molar-refractivity contribution is 7.09. The van der Waals surface area contributed by atoms with Crippen LogP contribution in [0.2, 0.25) is 0 Å². The third kappa shape index (κ3) is 3.98. The summed E-state index contributed by atoms with van der Waals surface area (Å²) in [4.78, 5) is 21.3. The van der Waals surface area contributed by atoms with Crippen LogP contribution in [0.5, 0.6) is 0 Å². The number of carbonyl (C=O) groups is 1. The van der Waals surface area contributed by atoms with Gasteiger partial charge in [-0.3, -0.25) is 4.79 Å². The first-order chi connectivity index (χ1) is 11.1. The summed E-state index contributed by atoms with van der Waals surface area (Å²) < 4.78 is 0. The normalized spacial score (nSPS) is 16.0. The van der Waals surface area contributed by atoms with Crippen molar-refractivity contribution in [2.24, 2.45) is 0 Å². The average molecular weight is 329 g/mol. The second-order valence-electron chi connectivity index (χ2n) is 6.28. The first kappa shape index (κ1) is 16.1. The lowest BCUT2D eigenvalue weighted by Gasteiger charge is -2.34. The van der Waals surface area contributed by atoms with E-state index in [1.807, 2.05) is 28.5 Å². The van der Waals surface area contributed by atoms with Gasteiger partial charge in [0.05, 0.1) is 5.01 Å². The van der Waals surface area contributed by atoms with E-state index in [1.54, 1.807) is 11.3 Å². The first-order valence-corrected chi connectivity index (χ1v) is 8.95. The van der Waals surface area contributed by atoms with Crippen LogP contribution in [0.3, 0.4) is 0 Å². The summed E-state index contributed by atoms with van der Waals surface area (Å²) in [7, 11) is 4.22. The molecule has 1 fully saturated rings. The van der Waals surface area contributed by atoms with Crippen LogP contribution in [-0.4, -0.2) is 53.9 Å². The maximum Gasteiger partial charge on any atom is 0.273 e. The molecule has 0 N–H and O–H groups in total. The van der Waals surface area contributed by atoms with Crippen LogP contribution in [-0.2, 0) is 6.42 Å². The Morgan fingerprint density at radius 1 is 1.26 bits per heavy atom. The molecule has 0 unspecified atom stereocenters. The molecule has 1 aromatic heterocycles. The lowest BCUT2D eigenvalue weighted by Crippen LogP contribution is -2.44. The number of likely N-dealkylation sites (tertiary alicyclic amines) is 1. The van der Waals surface area contributed by atoms with Crippen LogP contribution < -0.4 is 0 Å². The fourth-order valence-corrected chi connectivity index (χ4v) is 3.81. The highest BCUT2D eigenvalue weighted by Crippen LogP contribution is 2.19. The number of hydrogen-bond acceptors (Lipinski definition) is 4. The van der Waals surface area contributed by atoms with Gasteiger partial charge in [-0.15, -0.1) is 11.3 Å². The quantitative estimate of drug-likeness (QED) is 0.865. The number of benzene rings is 1. The molecule has 1 aliphatic rings. The zero-order chi connectivity index (χ0) is 16.2. The van der Waals surface area contributed by atoms with Crippen LogP contribution in [0.25, 0.3) is 0 Å². The summed E-state index contributed by atoms with van der Waals surface area (Å²) in [6.45, 7) is 1.65. The van der Waals surface area contributed by atoms with Gasteiger partial charge >= 0.3 is 0 Å². The van der Waals surface area contributed by atoms with E-state index in [0.717, 1.165) is 37.4 Å². The molecule has 2 heterocycles. The molecule has 2 aromatic rings. The molecule has 3 rings (SSSR count). The molecule has 5 heteroatoms. The highest BCUT2D eigenvalue weighted by atomic mass is 32.1. The number of rotatable bonds is 4. The Morgan fingerprint density at radius 2 is 1.96 bits per heavy atom. The van der Waals surface area contributed by atoms with E-state index < -0.39 is 0 Å². The summed E-state index contributed by atoms with van der Waals surface area (Å²) >= 11 is 1.58. The van der Waals surface area contributed by atoms with Gasteiger partial charge < -0.3 is 9.80 Å². The van der Waals surface area contributed by atoms with Crippen LogP contribution in [0.15, 0.2) is 35.7 Å². The predicted octanol–water partition coefficient (Wildman–Crippen LogP) is 2.90. The Bertz CT molecular complexity index is 645. The van der Waals surface area contributed by atoms with Crippen molar-refractivity contribution in [3.63, 3.8) is 0 Å². The topological polar surface area (TPSA) is 36.4 Å². The summed E-state index contributed by atoms with van der Waals surface area (Å²) in [5, 5.41) is 2.90. The Labute approximate surface area is 141 Å². The summed E-state index contributed by atoms with van der Waals surface area (Å²) in [5.41, 5.74) is 1.83. The van der Waals surface area contributed by atoms with Gasteiger partial charge in [0.1, 0.15) is 5.69 Å². The zero-order valence-corrected chi connectivity index (χ0v) is 14.6. The van der Waals surface area contributed by atoms with Crippen molar-refractivity contribution in [2.45, 2.75) is 25.3 Å². The molecule has 0 radical (unpaired) electrons. The second kappa shape index (κ2) is 7.23. The van der Waals surface area contributed by atoms with E-state index in [4.69, 9.17) is 0 Å². The Hall–Kier alpha value is -1.72. The number of amides is 1. The number of carbonyl (C=O) groups excluding carboxylic acids is 1. The molecule has 0 atom stereocenters. The Morgan fingerprint density at radius 3 is 2.61 bits per heavy atom. The minimum atomic E-state index is 0.0813. The molecule has 1 amide bonds. The molecule has 23 heavy (non-hydrogen) atoms. The first-order valence-electron chi connectivity index (χ1n) is 8.07. The molecule has 0 spiro atoms. The summed E-state index contributed by atoms with van der Waals surface area (Å²) in [6, 6.07) is 10.8. The number of aromatic nitrogens is 1. The van der Waals surface area contributed by atoms with Gasteiger partial charge in [0, 0.05) is 30.9 Å². The smallest absolute Gasteiger partial charge is 0.273 e. The van der Waals surface area contributed by atoms with Crippen LogP contribution in [0, 0.1) is 0 Å². The maximum atomic E-state index is 12.6. The van der Waals surface area contributed by atoms with Gasteiger partial charge in [0.2, 0.25) is 0 Å². The number of piperidine rings is 1. The van der Waals surface area contributed by atoms with E-state index >= 15 is 0 Å². The van der Waals surface area contributed by atoms with Gasteiger partial charge in [-0.25, -0.2) is 4.98 Å². The van der Waals surface area contributed by atoms with Crippen molar-refractivity contribution >= 4 is 17.2 Å².